The molecule has 0 radical (unpaired) electrons. The number of nitrogens with zero attached hydrogens (tertiary/aromatic N) is 2. The Morgan fingerprint density at radius 3 is 2.76 bits per heavy atom. The Hall–Kier alpha value is -1.86. The van der Waals surface area contributed by atoms with Gasteiger partial charge in [0, 0.05) is 10.0 Å². The minimum absolute atomic E-state index is 0.0514. The van der Waals surface area contributed by atoms with Crippen LogP contribution in [0.15, 0.2) is 55.5 Å². The lowest BCUT2D eigenvalue weighted by molar-refractivity contribution is -0.116. The first-order valence-electron chi connectivity index (χ1n) is 6.10. The quantitative estimate of drug-likeness (QED) is 0.672. The molecule has 0 bridgehead atoms. The Morgan fingerprint density at radius 1 is 1.24 bits per heavy atom. The molecule has 2 heterocycles. The van der Waals surface area contributed by atoms with E-state index in [4.69, 9.17) is 4.42 Å². The third-order valence-corrected chi connectivity index (χ3v) is 4.07. The Labute approximate surface area is 133 Å². The lowest BCUT2D eigenvalue weighted by Crippen LogP contribution is -2.19. The van der Waals surface area contributed by atoms with Gasteiger partial charge in [0.15, 0.2) is 5.17 Å². The van der Waals surface area contributed by atoms with Crippen molar-refractivity contribution in [2.45, 2.75) is 0 Å². The van der Waals surface area contributed by atoms with Gasteiger partial charge in [0.25, 0.3) is 0 Å². The van der Waals surface area contributed by atoms with Gasteiger partial charge in [-0.15, -0.1) is 5.10 Å². The maximum Gasteiger partial charge on any atom is 0.236 e. The van der Waals surface area contributed by atoms with Gasteiger partial charge in [-0.3, -0.25) is 4.79 Å². The molecule has 1 amide bonds. The summed E-state index contributed by atoms with van der Waals surface area (Å²) in [6.07, 6.45) is 1.51. The number of thioether (sulfide) groups is 1. The second-order valence-electron chi connectivity index (χ2n) is 4.20. The second kappa shape index (κ2) is 6.28. The van der Waals surface area contributed by atoms with E-state index in [9.17, 15) is 4.79 Å². The predicted molar refractivity (Wildman–Crippen MR) is 87.5 cm³/mol. The van der Waals surface area contributed by atoms with Crippen molar-refractivity contribution in [2.24, 2.45) is 10.2 Å². The normalized spacial score (nSPS) is 16.8. The average molecular weight is 364 g/mol. The molecule has 1 fully saturated rings. The smallest absolute Gasteiger partial charge is 0.236 e. The zero-order valence-corrected chi connectivity index (χ0v) is 13.1. The van der Waals surface area contributed by atoms with Crippen LogP contribution in [0.2, 0.25) is 0 Å². The van der Waals surface area contributed by atoms with Crippen LogP contribution in [-0.4, -0.2) is 23.0 Å². The molecule has 5 nitrogen and oxygen atoms in total. The topological polar surface area (TPSA) is 67.0 Å². The van der Waals surface area contributed by atoms with E-state index in [-0.39, 0.29) is 5.91 Å². The molecule has 3 rings (SSSR count). The molecule has 1 saturated heterocycles. The number of hydrogen-bond donors (Lipinski definition) is 1. The number of carbonyl (C=O) groups excluding carboxylic acids is 1. The molecule has 0 aliphatic carbocycles. The van der Waals surface area contributed by atoms with Gasteiger partial charge >= 0.3 is 0 Å². The Balaban J connectivity index is 1.70. The monoisotopic (exact) mass is 363 g/mol. The molecule has 0 spiro atoms. The molecule has 0 saturated carbocycles. The van der Waals surface area contributed by atoms with Gasteiger partial charge < -0.3 is 9.73 Å². The fraction of sp³-hybridized carbons (Fsp3) is 0.0714. The lowest BCUT2D eigenvalue weighted by atomic mass is 10.2. The fourth-order valence-electron chi connectivity index (χ4n) is 1.71. The number of hydrogen-bond acceptors (Lipinski definition) is 5. The Kier molecular flexibility index (Phi) is 4.21. The van der Waals surface area contributed by atoms with Crippen molar-refractivity contribution >= 4 is 45.0 Å². The highest BCUT2D eigenvalue weighted by atomic mass is 79.9. The summed E-state index contributed by atoms with van der Waals surface area (Å²) in [6, 6.07) is 11.5. The molecular formula is C14H10BrN3O2S. The standard InChI is InChI=1S/C14H10BrN3O2S/c15-10-3-1-9(2-4-10)12-6-5-11(20-12)7-16-18-14-17-13(19)8-21-14/h1-7H,8H2,(H,17,18,19). The van der Waals surface area contributed by atoms with Gasteiger partial charge in [0.1, 0.15) is 11.5 Å². The third-order valence-electron chi connectivity index (χ3n) is 2.68. The van der Waals surface area contributed by atoms with E-state index in [1.165, 1.54) is 18.0 Å². The van der Waals surface area contributed by atoms with E-state index in [0.717, 1.165) is 15.8 Å². The van der Waals surface area contributed by atoms with Gasteiger partial charge in [0.2, 0.25) is 5.91 Å². The van der Waals surface area contributed by atoms with E-state index in [1.807, 2.05) is 36.4 Å². The van der Waals surface area contributed by atoms with Gasteiger partial charge in [0.05, 0.1) is 12.0 Å². The van der Waals surface area contributed by atoms with Crippen molar-refractivity contribution in [3.05, 3.63) is 46.6 Å². The zero-order valence-electron chi connectivity index (χ0n) is 10.7. The van der Waals surface area contributed by atoms with Crippen molar-refractivity contribution in [1.82, 2.24) is 5.32 Å². The number of amides is 1. The highest BCUT2D eigenvalue weighted by Crippen LogP contribution is 2.23. The van der Waals surface area contributed by atoms with E-state index < -0.39 is 0 Å². The summed E-state index contributed by atoms with van der Waals surface area (Å²) in [5.41, 5.74) is 0.989. The molecule has 0 atom stereocenters. The fourth-order valence-corrected chi connectivity index (χ4v) is 2.60. The van der Waals surface area contributed by atoms with Crippen molar-refractivity contribution in [1.29, 1.82) is 0 Å². The number of amidine groups is 1. The number of furan rings is 1. The predicted octanol–water partition coefficient (Wildman–Crippen LogP) is 3.26. The Morgan fingerprint density at radius 2 is 2.05 bits per heavy atom. The van der Waals surface area contributed by atoms with Crippen molar-refractivity contribution in [2.75, 3.05) is 5.75 Å². The van der Waals surface area contributed by atoms with E-state index in [0.29, 0.717) is 16.7 Å². The number of benzene rings is 1. The maximum atomic E-state index is 11.0. The number of nitrogens with one attached hydrogen (secondary N) is 1. The van der Waals surface area contributed by atoms with Crippen LogP contribution in [0.4, 0.5) is 0 Å². The van der Waals surface area contributed by atoms with Crippen LogP contribution in [0.3, 0.4) is 0 Å². The minimum Gasteiger partial charge on any atom is -0.455 e. The molecule has 21 heavy (non-hydrogen) atoms. The number of rotatable bonds is 3. The third kappa shape index (κ3) is 3.62. The Bertz CT molecular complexity index is 722. The van der Waals surface area contributed by atoms with E-state index >= 15 is 0 Å². The van der Waals surface area contributed by atoms with E-state index in [1.54, 1.807) is 0 Å². The first-order chi connectivity index (χ1) is 10.2. The summed E-state index contributed by atoms with van der Waals surface area (Å²) in [6.45, 7) is 0. The zero-order chi connectivity index (χ0) is 14.7. The molecule has 2 aromatic rings. The molecule has 1 aliphatic heterocycles. The molecule has 7 heteroatoms. The van der Waals surface area contributed by atoms with Crippen LogP contribution in [0, 0.1) is 0 Å². The first kappa shape index (κ1) is 14.1. The summed E-state index contributed by atoms with van der Waals surface area (Å²) in [7, 11) is 0. The van der Waals surface area contributed by atoms with Crippen molar-refractivity contribution in [3.8, 4) is 11.3 Å². The van der Waals surface area contributed by atoms with Gasteiger partial charge in [-0.05, 0) is 24.3 Å². The molecule has 1 aromatic carbocycles. The number of carbonyl (C=O) groups is 1. The van der Waals surface area contributed by atoms with Crippen LogP contribution < -0.4 is 5.32 Å². The highest BCUT2D eigenvalue weighted by molar-refractivity contribution is 9.10. The van der Waals surface area contributed by atoms with Crippen LogP contribution in [0.5, 0.6) is 0 Å². The second-order valence-corrected chi connectivity index (χ2v) is 6.08. The first-order valence-corrected chi connectivity index (χ1v) is 7.88. The lowest BCUT2D eigenvalue weighted by Gasteiger charge is -1.96. The van der Waals surface area contributed by atoms with Crippen LogP contribution >= 0.6 is 27.7 Å². The summed E-state index contributed by atoms with van der Waals surface area (Å²) in [5.74, 6) is 1.71. The molecule has 106 valence electrons. The summed E-state index contributed by atoms with van der Waals surface area (Å²) < 4.78 is 6.69. The van der Waals surface area contributed by atoms with Crippen molar-refractivity contribution < 1.29 is 9.21 Å². The minimum atomic E-state index is -0.0514. The van der Waals surface area contributed by atoms with Crippen molar-refractivity contribution in [3.63, 3.8) is 0 Å². The number of halogens is 1. The molecule has 1 aliphatic rings. The molecule has 1 aromatic heterocycles. The summed E-state index contributed by atoms with van der Waals surface area (Å²) >= 11 is 4.73. The van der Waals surface area contributed by atoms with Gasteiger partial charge in [-0.1, -0.05) is 39.8 Å². The van der Waals surface area contributed by atoms with E-state index in [2.05, 4.69) is 31.4 Å². The largest absolute Gasteiger partial charge is 0.455 e. The van der Waals surface area contributed by atoms with Crippen LogP contribution in [0.25, 0.3) is 11.3 Å². The van der Waals surface area contributed by atoms with Crippen LogP contribution in [0.1, 0.15) is 5.76 Å². The highest BCUT2D eigenvalue weighted by Gasteiger charge is 2.15. The van der Waals surface area contributed by atoms with Gasteiger partial charge in [-0.25, -0.2) is 0 Å². The van der Waals surface area contributed by atoms with Crippen LogP contribution in [-0.2, 0) is 4.79 Å². The average Bonchev–Trinajstić information content (AvgIpc) is 3.09. The maximum absolute atomic E-state index is 11.0. The molecule has 1 N–H and O–H groups in total. The summed E-state index contributed by atoms with van der Waals surface area (Å²) in [5, 5.41) is 10.9. The summed E-state index contributed by atoms with van der Waals surface area (Å²) in [4.78, 5) is 11.0. The van der Waals surface area contributed by atoms with Gasteiger partial charge in [-0.2, -0.15) is 5.10 Å². The molecular weight excluding hydrogens is 354 g/mol. The SMILES string of the molecule is O=C1CS/C(=N/N=Cc2ccc(-c3ccc(Br)cc3)o2)N1. The molecule has 0 unspecified atom stereocenters.